The van der Waals surface area contributed by atoms with Crippen molar-refractivity contribution < 1.29 is 4.79 Å². The summed E-state index contributed by atoms with van der Waals surface area (Å²) in [6.45, 7) is 1.84. The van der Waals surface area contributed by atoms with Gasteiger partial charge in [-0.2, -0.15) is 5.26 Å². The molecule has 20 heavy (non-hydrogen) atoms. The van der Waals surface area contributed by atoms with Crippen molar-refractivity contribution in [2.75, 3.05) is 12.4 Å². The third kappa shape index (κ3) is 2.75. The van der Waals surface area contributed by atoms with Gasteiger partial charge in [0.15, 0.2) is 0 Å². The number of anilines is 2. The molecule has 0 unspecified atom stereocenters. The quantitative estimate of drug-likeness (QED) is 0.894. The molecule has 1 heterocycles. The molecular formula is C15H14N4O. The second-order valence-corrected chi connectivity index (χ2v) is 4.23. The molecule has 0 atom stereocenters. The Balaban J connectivity index is 2.43. The normalized spacial score (nSPS) is 9.65. The number of rotatable bonds is 3. The summed E-state index contributed by atoms with van der Waals surface area (Å²) in [5.41, 5.74) is 3.03. The average molecular weight is 266 g/mol. The smallest absolute Gasteiger partial charge is 0.253 e. The van der Waals surface area contributed by atoms with Crippen LogP contribution in [0.3, 0.4) is 0 Å². The van der Waals surface area contributed by atoms with Crippen molar-refractivity contribution in [1.82, 2.24) is 10.3 Å². The molecule has 1 aromatic heterocycles. The summed E-state index contributed by atoms with van der Waals surface area (Å²) in [5.74, 6) is -0.183. The number of amides is 1. The van der Waals surface area contributed by atoms with Crippen LogP contribution in [0.1, 0.15) is 21.6 Å². The maximum Gasteiger partial charge on any atom is 0.253 e. The van der Waals surface area contributed by atoms with Gasteiger partial charge in [0.05, 0.1) is 22.5 Å². The highest BCUT2D eigenvalue weighted by Crippen LogP contribution is 2.23. The summed E-state index contributed by atoms with van der Waals surface area (Å²) >= 11 is 0. The van der Waals surface area contributed by atoms with Crippen LogP contribution in [-0.4, -0.2) is 17.9 Å². The number of nitrogens with zero attached hydrogens (tertiary/aromatic N) is 2. The van der Waals surface area contributed by atoms with Crippen molar-refractivity contribution in [3.05, 3.63) is 53.3 Å². The molecule has 0 aliphatic rings. The average Bonchev–Trinajstić information content (AvgIpc) is 2.47. The van der Waals surface area contributed by atoms with Gasteiger partial charge in [-0.1, -0.05) is 12.1 Å². The maximum absolute atomic E-state index is 11.8. The first kappa shape index (κ1) is 13.6. The molecule has 100 valence electrons. The SMILES string of the molecule is CNC(=O)c1ccccc1Nc1cc(C)ncc1C#N. The van der Waals surface area contributed by atoms with Crippen molar-refractivity contribution in [1.29, 1.82) is 5.26 Å². The molecule has 0 spiro atoms. The van der Waals surface area contributed by atoms with Crippen molar-refractivity contribution in [2.45, 2.75) is 6.92 Å². The fraction of sp³-hybridized carbons (Fsp3) is 0.133. The third-order valence-electron chi connectivity index (χ3n) is 2.83. The van der Waals surface area contributed by atoms with E-state index in [-0.39, 0.29) is 5.91 Å². The molecular weight excluding hydrogens is 252 g/mol. The highest BCUT2D eigenvalue weighted by atomic mass is 16.1. The number of hydrogen-bond acceptors (Lipinski definition) is 4. The first-order valence-electron chi connectivity index (χ1n) is 6.10. The van der Waals surface area contributed by atoms with E-state index >= 15 is 0 Å². The second kappa shape index (κ2) is 5.85. The van der Waals surface area contributed by atoms with Crippen LogP contribution in [-0.2, 0) is 0 Å². The first-order valence-corrected chi connectivity index (χ1v) is 6.10. The van der Waals surface area contributed by atoms with Gasteiger partial charge in [-0.25, -0.2) is 0 Å². The molecule has 0 bridgehead atoms. The minimum Gasteiger partial charge on any atom is -0.355 e. The van der Waals surface area contributed by atoms with Gasteiger partial charge in [0, 0.05) is 18.9 Å². The number of hydrogen-bond donors (Lipinski definition) is 2. The van der Waals surface area contributed by atoms with Gasteiger partial charge in [0.1, 0.15) is 6.07 Å². The largest absolute Gasteiger partial charge is 0.355 e. The van der Waals surface area contributed by atoms with Gasteiger partial charge in [-0.15, -0.1) is 0 Å². The van der Waals surface area contributed by atoms with E-state index in [1.165, 1.54) is 6.20 Å². The van der Waals surface area contributed by atoms with Crippen molar-refractivity contribution >= 4 is 17.3 Å². The molecule has 1 amide bonds. The van der Waals surface area contributed by atoms with E-state index in [0.29, 0.717) is 22.5 Å². The Kier molecular flexibility index (Phi) is 3.96. The lowest BCUT2D eigenvalue weighted by atomic mass is 10.1. The van der Waals surface area contributed by atoms with Crippen molar-refractivity contribution in [3.8, 4) is 6.07 Å². The number of carbonyl (C=O) groups is 1. The predicted octanol–water partition coefficient (Wildman–Crippen LogP) is 2.36. The van der Waals surface area contributed by atoms with E-state index in [1.807, 2.05) is 13.0 Å². The van der Waals surface area contributed by atoms with Gasteiger partial charge >= 0.3 is 0 Å². The summed E-state index contributed by atoms with van der Waals surface area (Å²) in [5, 5.41) is 14.8. The molecule has 2 aromatic rings. The molecule has 5 heteroatoms. The second-order valence-electron chi connectivity index (χ2n) is 4.23. The van der Waals surface area contributed by atoms with E-state index < -0.39 is 0 Å². The Morgan fingerprint density at radius 1 is 1.30 bits per heavy atom. The Bertz CT molecular complexity index is 689. The van der Waals surface area contributed by atoms with E-state index in [1.54, 1.807) is 31.3 Å². The molecule has 0 saturated carbocycles. The van der Waals surface area contributed by atoms with E-state index in [4.69, 9.17) is 5.26 Å². The van der Waals surface area contributed by atoms with Crippen molar-refractivity contribution in [3.63, 3.8) is 0 Å². The molecule has 0 fully saturated rings. The Morgan fingerprint density at radius 3 is 2.75 bits per heavy atom. The molecule has 5 nitrogen and oxygen atoms in total. The Morgan fingerprint density at radius 2 is 2.05 bits per heavy atom. The lowest BCUT2D eigenvalue weighted by molar-refractivity contribution is 0.0964. The topological polar surface area (TPSA) is 77.8 Å². The van der Waals surface area contributed by atoms with E-state index in [0.717, 1.165) is 5.69 Å². The van der Waals surface area contributed by atoms with Gasteiger partial charge < -0.3 is 10.6 Å². The van der Waals surface area contributed by atoms with Crippen molar-refractivity contribution in [2.24, 2.45) is 0 Å². The summed E-state index contributed by atoms with van der Waals surface area (Å²) in [6, 6.07) is 11.0. The fourth-order valence-electron chi connectivity index (χ4n) is 1.82. The standard InChI is InChI=1S/C15H14N4O/c1-10-7-14(11(8-16)9-18-10)19-13-6-4-3-5-12(13)15(20)17-2/h3-7,9H,1-2H3,(H,17,20)(H,18,19). The summed E-state index contributed by atoms with van der Waals surface area (Å²) in [4.78, 5) is 15.9. The predicted molar refractivity (Wildman–Crippen MR) is 76.8 cm³/mol. The fourth-order valence-corrected chi connectivity index (χ4v) is 1.82. The zero-order valence-electron chi connectivity index (χ0n) is 11.3. The number of nitrogens with one attached hydrogen (secondary N) is 2. The number of carbonyl (C=O) groups excluding carboxylic acids is 1. The highest BCUT2D eigenvalue weighted by Gasteiger charge is 2.11. The van der Waals surface area contributed by atoms with Crippen LogP contribution in [0.4, 0.5) is 11.4 Å². The monoisotopic (exact) mass is 266 g/mol. The van der Waals surface area contributed by atoms with Crippen LogP contribution >= 0.6 is 0 Å². The van der Waals surface area contributed by atoms with Crippen LogP contribution in [0.25, 0.3) is 0 Å². The molecule has 2 rings (SSSR count). The van der Waals surface area contributed by atoms with E-state index in [9.17, 15) is 4.79 Å². The molecule has 0 aliphatic carbocycles. The lowest BCUT2D eigenvalue weighted by Gasteiger charge is -2.12. The molecule has 1 aromatic carbocycles. The third-order valence-corrected chi connectivity index (χ3v) is 2.83. The van der Waals surface area contributed by atoms with Crippen LogP contribution in [0.5, 0.6) is 0 Å². The minimum atomic E-state index is -0.183. The number of para-hydroxylation sites is 1. The number of aryl methyl sites for hydroxylation is 1. The van der Waals surface area contributed by atoms with Gasteiger partial charge in [-0.05, 0) is 25.1 Å². The summed E-state index contributed by atoms with van der Waals surface area (Å²) in [6.07, 6.45) is 1.51. The molecule has 0 radical (unpaired) electrons. The zero-order valence-corrected chi connectivity index (χ0v) is 11.3. The Labute approximate surface area is 117 Å². The first-order chi connectivity index (χ1) is 9.65. The number of benzene rings is 1. The number of pyridine rings is 1. The Hall–Kier alpha value is -2.87. The van der Waals surface area contributed by atoms with Crippen LogP contribution in [0.15, 0.2) is 36.5 Å². The summed E-state index contributed by atoms with van der Waals surface area (Å²) < 4.78 is 0. The lowest BCUT2D eigenvalue weighted by Crippen LogP contribution is -2.19. The van der Waals surface area contributed by atoms with Gasteiger partial charge in [0.25, 0.3) is 5.91 Å². The minimum absolute atomic E-state index is 0.183. The van der Waals surface area contributed by atoms with Crippen LogP contribution < -0.4 is 10.6 Å². The highest BCUT2D eigenvalue weighted by molar-refractivity contribution is 6.00. The molecule has 0 saturated heterocycles. The molecule has 0 aliphatic heterocycles. The van der Waals surface area contributed by atoms with E-state index in [2.05, 4.69) is 21.7 Å². The molecule has 2 N–H and O–H groups in total. The maximum atomic E-state index is 11.8. The van der Waals surface area contributed by atoms with Gasteiger partial charge in [-0.3, -0.25) is 9.78 Å². The van der Waals surface area contributed by atoms with Crippen LogP contribution in [0.2, 0.25) is 0 Å². The number of aromatic nitrogens is 1. The van der Waals surface area contributed by atoms with Crippen LogP contribution in [0, 0.1) is 18.3 Å². The summed E-state index contributed by atoms with van der Waals surface area (Å²) in [7, 11) is 1.58. The number of nitriles is 1. The van der Waals surface area contributed by atoms with Gasteiger partial charge in [0.2, 0.25) is 0 Å². The zero-order chi connectivity index (χ0) is 14.5.